The van der Waals surface area contributed by atoms with Gasteiger partial charge in [0, 0.05) is 54.1 Å². The highest BCUT2D eigenvalue weighted by atomic mass is 32.3. The maximum absolute atomic E-state index is 2.45. The second-order valence-electron chi connectivity index (χ2n) is 24.2. The van der Waals surface area contributed by atoms with E-state index in [0.29, 0.717) is 0 Å². The van der Waals surface area contributed by atoms with Crippen molar-refractivity contribution in [3.63, 3.8) is 0 Å². The lowest BCUT2D eigenvalue weighted by atomic mass is 9.81. The molecule has 0 saturated heterocycles. The van der Waals surface area contributed by atoms with Crippen molar-refractivity contribution in [2.45, 2.75) is 48.3 Å². The van der Waals surface area contributed by atoms with Crippen LogP contribution in [0.1, 0.15) is 72.2 Å². The number of benzene rings is 12. The summed E-state index contributed by atoms with van der Waals surface area (Å²) in [5.41, 5.74) is 24.8. The summed E-state index contributed by atoms with van der Waals surface area (Å²) in [6.45, 7) is 9.55. The lowest BCUT2D eigenvalue weighted by Crippen LogP contribution is -2.16. The van der Waals surface area contributed by atoms with Crippen LogP contribution in [-0.4, -0.2) is 12.5 Å². The molecule has 3 heteroatoms. The zero-order valence-corrected chi connectivity index (χ0v) is 48.7. The molecule has 15 rings (SSSR count). The lowest BCUT2D eigenvalue weighted by Gasteiger charge is -2.29. The Morgan fingerprint density at radius 2 is 0.627 bits per heavy atom. The van der Waals surface area contributed by atoms with Crippen LogP contribution in [0.5, 0.6) is 0 Å². The predicted molar refractivity (Wildman–Crippen MR) is 358 cm³/mol. The third-order valence-corrected chi connectivity index (χ3v) is 21.2. The zero-order chi connectivity index (χ0) is 56.2. The van der Waals surface area contributed by atoms with Crippen molar-refractivity contribution in [1.29, 1.82) is 0 Å². The fourth-order valence-corrected chi connectivity index (χ4v) is 16.4. The number of hydrogen-bond acceptors (Lipinski definition) is 2. The standard InChI is InChI=1S/C80H64N2S/c1-79(2)71-49-55(35-41-65(71)67-43-39-61(51-73(67)79)81(59-23-9-7-10-24-59)75-29-17-21-57-19-13-15-27-63(57)75)33-31-53-37-45-77-69(47-53)70-48-54(38-46-78(70)83(77,5)6)32-34-56-36-42-66-68-44-40-62(52-74(68)80(3,4)72(66)50-56)82(60-25-11-8-12-26-60)76-30-18-22-58-20-14-16-28-64(58)76/h7-52H,1-6H3. The average Bonchev–Trinajstić information content (AvgIpc) is 2.52. The summed E-state index contributed by atoms with van der Waals surface area (Å²) in [5.74, 6) is 0. The summed E-state index contributed by atoms with van der Waals surface area (Å²) in [7, 11) is -1.18. The Morgan fingerprint density at radius 3 is 1.05 bits per heavy atom. The molecule has 0 saturated carbocycles. The molecule has 0 fully saturated rings. The monoisotopic (exact) mass is 1080 g/mol. The molecule has 400 valence electrons. The molecule has 0 atom stereocenters. The first kappa shape index (κ1) is 50.5. The normalized spacial score (nSPS) is 15.0. The molecular formula is C80H64N2S. The van der Waals surface area contributed by atoms with Gasteiger partial charge in [0.15, 0.2) is 0 Å². The van der Waals surface area contributed by atoms with Gasteiger partial charge in [0.1, 0.15) is 0 Å². The van der Waals surface area contributed by atoms with Gasteiger partial charge < -0.3 is 9.80 Å². The van der Waals surface area contributed by atoms with E-state index in [9.17, 15) is 0 Å². The quantitative estimate of drug-likeness (QED) is 0.126. The molecule has 12 aromatic carbocycles. The van der Waals surface area contributed by atoms with E-state index < -0.39 is 10.0 Å². The second-order valence-corrected chi connectivity index (χ2v) is 27.7. The van der Waals surface area contributed by atoms with E-state index in [4.69, 9.17) is 0 Å². The van der Waals surface area contributed by atoms with Crippen LogP contribution in [0.3, 0.4) is 0 Å². The summed E-state index contributed by atoms with van der Waals surface area (Å²) in [6.07, 6.45) is 14.1. The lowest BCUT2D eigenvalue weighted by molar-refractivity contribution is 0.660. The van der Waals surface area contributed by atoms with Crippen LogP contribution in [-0.2, 0) is 10.8 Å². The van der Waals surface area contributed by atoms with Crippen molar-refractivity contribution in [3.8, 4) is 33.4 Å². The van der Waals surface area contributed by atoms with E-state index in [2.05, 4.69) is 329 Å². The maximum atomic E-state index is 2.45. The first-order valence-electron chi connectivity index (χ1n) is 29.0. The summed E-state index contributed by atoms with van der Waals surface area (Å²) in [5, 5.41) is 4.93. The summed E-state index contributed by atoms with van der Waals surface area (Å²) >= 11 is 0. The van der Waals surface area contributed by atoms with Gasteiger partial charge in [0.05, 0.1) is 11.4 Å². The third-order valence-electron chi connectivity index (χ3n) is 18.3. The van der Waals surface area contributed by atoms with Gasteiger partial charge in [0.2, 0.25) is 0 Å². The molecule has 1 aliphatic heterocycles. The van der Waals surface area contributed by atoms with Crippen LogP contribution in [0.2, 0.25) is 0 Å². The SMILES string of the molecule is CC1(C)c2cc(C=Cc3ccc4c(c3)-c3cc(C=Cc5ccc6c(c5)C(C)(C)c5cc(N(c7ccccc7)c7cccc8ccccc78)ccc5-6)ccc3S4(C)C)ccc2-c2ccc(N(c3ccccc3)c3cccc4ccccc34)cc21. The molecule has 0 unspecified atom stereocenters. The first-order valence-corrected chi connectivity index (χ1v) is 31.5. The minimum Gasteiger partial charge on any atom is -0.310 e. The minimum absolute atomic E-state index is 0.192. The maximum Gasteiger partial charge on any atom is 0.0540 e. The molecule has 1 heterocycles. The first-order chi connectivity index (χ1) is 40.4. The Morgan fingerprint density at radius 1 is 0.289 bits per heavy atom. The molecule has 12 aromatic rings. The molecule has 0 amide bonds. The number of rotatable bonds is 10. The number of fused-ring (bicyclic) bond motifs is 11. The van der Waals surface area contributed by atoms with Crippen molar-refractivity contribution in [3.05, 3.63) is 299 Å². The summed E-state index contributed by atoms with van der Waals surface area (Å²) in [6, 6.07) is 94.7. The van der Waals surface area contributed by atoms with Crippen molar-refractivity contribution < 1.29 is 0 Å². The molecular weight excluding hydrogens is 1020 g/mol. The Kier molecular flexibility index (Phi) is 11.8. The fourth-order valence-electron chi connectivity index (χ4n) is 13.9. The van der Waals surface area contributed by atoms with Crippen molar-refractivity contribution in [1.82, 2.24) is 0 Å². The van der Waals surface area contributed by atoms with Gasteiger partial charge in [-0.15, -0.1) is 0 Å². The zero-order valence-electron chi connectivity index (χ0n) is 47.9. The van der Waals surface area contributed by atoms with Crippen LogP contribution < -0.4 is 9.80 Å². The number of para-hydroxylation sites is 2. The number of anilines is 6. The largest absolute Gasteiger partial charge is 0.310 e. The molecule has 0 radical (unpaired) electrons. The molecule has 2 aliphatic carbocycles. The van der Waals surface area contributed by atoms with E-state index in [1.165, 1.54) is 121 Å². The van der Waals surface area contributed by atoms with Crippen LogP contribution in [0.25, 0.3) is 79.2 Å². The number of hydrogen-bond donors (Lipinski definition) is 0. The van der Waals surface area contributed by atoms with Crippen molar-refractivity contribution in [2.24, 2.45) is 0 Å². The van der Waals surface area contributed by atoms with Crippen LogP contribution in [0.15, 0.2) is 265 Å². The van der Waals surface area contributed by atoms with E-state index in [1.54, 1.807) is 0 Å². The van der Waals surface area contributed by atoms with Gasteiger partial charge in [0.25, 0.3) is 0 Å². The van der Waals surface area contributed by atoms with Gasteiger partial charge >= 0.3 is 0 Å². The smallest absolute Gasteiger partial charge is 0.0540 e. The molecule has 83 heavy (non-hydrogen) atoms. The average molecular weight is 1090 g/mol. The Labute approximate surface area is 490 Å². The molecule has 0 N–H and O–H groups in total. The predicted octanol–water partition coefficient (Wildman–Crippen LogP) is 22.3. The van der Waals surface area contributed by atoms with E-state index in [-0.39, 0.29) is 10.8 Å². The Bertz CT molecular complexity index is 4350. The molecule has 0 bridgehead atoms. The third kappa shape index (κ3) is 8.31. The van der Waals surface area contributed by atoms with Gasteiger partial charge in [-0.3, -0.25) is 0 Å². The van der Waals surface area contributed by atoms with E-state index >= 15 is 0 Å². The highest BCUT2D eigenvalue weighted by Crippen LogP contribution is 2.67. The second kappa shape index (κ2) is 19.4. The highest BCUT2D eigenvalue weighted by Gasteiger charge is 2.38. The van der Waals surface area contributed by atoms with Crippen molar-refractivity contribution >= 4 is 90.0 Å². The van der Waals surface area contributed by atoms with Gasteiger partial charge in [-0.1, -0.05) is 222 Å². The van der Waals surface area contributed by atoms with Crippen LogP contribution >= 0.6 is 10.0 Å². The fraction of sp³-hybridized carbons (Fsp3) is 0.100. The molecule has 2 nitrogen and oxygen atoms in total. The van der Waals surface area contributed by atoms with Gasteiger partial charge in [-0.2, -0.15) is 10.0 Å². The summed E-state index contributed by atoms with van der Waals surface area (Å²) in [4.78, 5) is 7.76. The highest BCUT2D eigenvalue weighted by molar-refractivity contribution is 8.33. The van der Waals surface area contributed by atoms with Gasteiger partial charge in [-0.05, 0) is 186 Å². The van der Waals surface area contributed by atoms with Gasteiger partial charge in [-0.25, -0.2) is 0 Å². The van der Waals surface area contributed by atoms with E-state index in [0.717, 1.165) is 22.7 Å². The van der Waals surface area contributed by atoms with Crippen LogP contribution in [0.4, 0.5) is 34.1 Å². The summed E-state index contributed by atoms with van der Waals surface area (Å²) < 4.78 is 0. The number of nitrogens with zero attached hydrogens (tertiary/aromatic N) is 2. The Hall–Kier alpha value is -9.41. The molecule has 0 spiro atoms. The Balaban J connectivity index is 0.694. The van der Waals surface area contributed by atoms with Crippen LogP contribution in [0, 0.1) is 0 Å². The topological polar surface area (TPSA) is 6.48 Å². The molecule has 3 aliphatic rings. The minimum atomic E-state index is -1.18. The van der Waals surface area contributed by atoms with E-state index in [1.807, 2.05) is 0 Å². The van der Waals surface area contributed by atoms with Crippen molar-refractivity contribution in [2.75, 3.05) is 22.3 Å². The molecule has 0 aromatic heterocycles.